The van der Waals surface area contributed by atoms with Gasteiger partial charge in [-0.2, -0.15) is 0 Å². The first-order valence-electron chi connectivity index (χ1n) is 28.4. The number of aliphatic hydroxyl groups excluding tert-OH is 2. The average molecular weight is 891 g/mol. The predicted octanol–water partition coefficient (Wildman–Crippen LogP) is 17.3. The molecule has 6 nitrogen and oxygen atoms in total. The van der Waals surface area contributed by atoms with Crippen molar-refractivity contribution in [1.29, 1.82) is 0 Å². The molecule has 0 radical (unpaired) electrons. The highest BCUT2D eigenvalue weighted by Crippen LogP contribution is 2.17. The Hall–Kier alpha value is -1.40. The second kappa shape index (κ2) is 53.2. The van der Waals surface area contributed by atoms with Gasteiger partial charge in [0.15, 0.2) is 0 Å². The van der Waals surface area contributed by atoms with Gasteiger partial charge in [-0.25, -0.2) is 0 Å². The molecule has 0 saturated carbocycles. The number of allylic oxidation sites excluding steroid dienone is 2. The number of esters is 1. The molecule has 6 heteroatoms. The Balaban J connectivity index is 3.38. The number of amides is 1. The summed E-state index contributed by atoms with van der Waals surface area (Å²) < 4.78 is 5.49. The van der Waals surface area contributed by atoms with Gasteiger partial charge in [-0.05, 0) is 51.4 Å². The minimum Gasteiger partial charge on any atom is -0.466 e. The van der Waals surface area contributed by atoms with Gasteiger partial charge in [-0.15, -0.1) is 0 Å². The summed E-state index contributed by atoms with van der Waals surface area (Å²) in [6, 6.07) is -0.544. The molecule has 0 heterocycles. The first kappa shape index (κ1) is 61.6. The third-order valence-electron chi connectivity index (χ3n) is 13.3. The van der Waals surface area contributed by atoms with E-state index < -0.39 is 12.1 Å². The zero-order valence-electron chi connectivity index (χ0n) is 42.6. The Labute approximate surface area is 393 Å². The van der Waals surface area contributed by atoms with Crippen molar-refractivity contribution in [2.24, 2.45) is 0 Å². The van der Waals surface area contributed by atoms with E-state index in [1.54, 1.807) is 0 Å². The number of nitrogens with one attached hydrogen (secondary N) is 1. The minimum atomic E-state index is -0.667. The molecule has 0 aromatic carbocycles. The molecule has 0 aromatic rings. The highest BCUT2D eigenvalue weighted by atomic mass is 16.5. The van der Waals surface area contributed by atoms with Crippen LogP contribution in [0.4, 0.5) is 0 Å². The van der Waals surface area contributed by atoms with Crippen LogP contribution in [0.1, 0.15) is 316 Å². The van der Waals surface area contributed by atoms with Gasteiger partial charge in [0.05, 0.1) is 25.4 Å². The van der Waals surface area contributed by atoms with Crippen LogP contribution in [0.2, 0.25) is 0 Å². The normalized spacial score (nSPS) is 12.6. The number of carbonyl (C=O) groups excluding carboxylic acids is 2. The molecule has 0 saturated heterocycles. The maximum atomic E-state index is 12.4. The molecule has 2 unspecified atom stereocenters. The summed E-state index contributed by atoms with van der Waals surface area (Å²) in [4.78, 5) is 24.5. The van der Waals surface area contributed by atoms with Crippen molar-refractivity contribution in [3.8, 4) is 0 Å². The zero-order chi connectivity index (χ0) is 45.8. The maximum Gasteiger partial charge on any atom is 0.305 e. The van der Waals surface area contributed by atoms with Crippen LogP contribution in [0.3, 0.4) is 0 Å². The van der Waals surface area contributed by atoms with E-state index in [4.69, 9.17) is 4.74 Å². The Morgan fingerprint density at radius 1 is 0.429 bits per heavy atom. The Morgan fingerprint density at radius 2 is 0.746 bits per heavy atom. The van der Waals surface area contributed by atoms with E-state index in [9.17, 15) is 19.8 Å². The van der Waals surface area contributed by atoms with Crippen molar-refractivity contribution in [1.82, 2.24) is 5.32 Å². The van der Waals surface area contributed by atoms with Crippen LogP contribution in [0.15, 0.2) is 12.2 Å². The number of ether oxygens (including phenoxy) is 1. The zero-order valence-corrected chi connectivity index (χ0v) is 42.6. The first-order chi connectivity index (χ1) is 31.0. The largest absolute Gasteiger partial charge is 0.466 e. The molecule has 2 atom stereocenters. The van der Waals surface area contributed by atoms with Crippen LogP contribution in [-0.2, 0) is 14.3 Å². The molecule has 374 valence electrons. The molecule has 0 aliphatic carbocycles. The van der Waals surface area contributed by atoms with Crippen molar-refractivity contribution < 1.29 is 24.5 Å². The number of carbonyl (C=O) groups is 2. The molecule has 0 aliphatic heterocycles. The summed E-state index contributed by atoms with van der Waals surface area (Å²) in [7, 11) is 0. The quantitative estimate of drug-likeness (QED) is 0.0321. The fourth-order valence-corrected chi connectivity index (χ4v) is 8.93. The lowest BCUT2D eigenvalue weighted by molar-refractivity contribution is -0.143. The third kappa shape index (κ3) is 49.9. The Kier molecular flexibility index (Phi) is 52.0. The lowest BCUT2D eigenvalue weighted by Gasteiger charge is -2.22. The van der Waals surface area contributed by atoms with Gasteiger partial charge in [-0.3, -0.25) is 9.59 Å². The van der Waals surface area contributed by atoms with Crippen LogP contribution in [-0.4, -0.2) is 47.4 Å². The standard InChI is InChI=1S/C57H111NO5/c1-3-5-7-9-11-13-15-16-17-18-19-20-24-27-31-35-39-43-47-51-57(62)63-52-48-44-40-36-32-28-25-22-21-23-26-30-34-38-42-46-50-56(61)58-54(53-59)55(60)49-45-41-37-33-29-14-12-10-8-6-4-2/h16-17,54-55,59-60H,3-15,18-53H2,1-2H3,(H,58,61)/b17-16-. The van der Waals surface area contributed by atoms with Crippen LogP contribution in [0.5, 0.6) is 0 Å². The van der Waals surface area contributed by atoms with Gasteiger partial charge in [0, 0.05) is 12.8 Å². The van der Waals surface area contributed by atoms with E-state index in [0.29, 0.717) is 25.9 Å². The SMILES string of the molecule is CCCCCCCC/C=C\CCCCCCCCCCCC(=O)OCCCCCCCCCCCCCCCCCCC(=O)NC(CO)C(O)CCCCCCCCCCCCC. The number of unbranched alkanes of at least 4 members (excludes halogenated alkanes) is 40. The molecule has 1 amide bonds. The van der Waals surface area contributed by atoms with Crippen molar-refractivity contribution in [2.45, 2.75) is 328 Å². The number of hydrogen-bond donors (Lipinski definition) is 3. The molecule has 63 heavy (non-hydrogen) atoms. The number of aliphatic hydroxyl groups is 2. The second-order valence-corrected chi connectivity index (χ2v) is 19.6. The Bertz CT molecular complexity index is 939. The van der Waals surface area contributed by atoms with Gasteiger partial charge >= 0.3 is 5.97 Å². The van der Waals surface area contributed by atoms with Crippen LogP contribution < -0.4 is 5.32 Å². The number of hydrogen-bond acceptors (Lipinski definition) is 5. The van der Waals surface area contributed by atoms with Crippen LogP contribution in [0.25, 0.3) is 0 Å². The molecule has 0 aliphatic rings. The summed E-state index contributed by atoms with van der Waals surface area (Å²) in [5.41, 5.74) is 0. The molecule has 3 N–H and O–H groups in total. The van der Waals surface area contributed by atoms with E-state index in [2.05, 4.69) is 31.3 Å². The highest BCUT2D eigenvalue weighted by Gasteiger charge is 2.20. The van der Waals surface area contributed by atoms with E-state index in [1.807, 2.05) is 0 Å². The van der Waals surface area contributed by atoms with Crippen molar-refractivity contribution in [3.63, 3.8) is 0 Å². The van der Waals surface area contributed by atoms with Gasteiger partial charge in [0.25, 0.3) is 0 Å². The van der Waals surface area contributed by atoms with Crippen molar-refractivity contribution in [3.05, 3.63) is 12.2 Å². The summed E-state index contributed by atoms with van der Waals surface area (Å²) in [6.07, 6.45) is 62.0. The number of rotatable bonds is 53. The third-order valence-corrected chi connectivity index (χ3v) is 13.3. The van der Waals surface area contributed by atoms with Crippen LogP contribution >= 0.6 is 0 Å². The Morgan fingerprint density at radius 3 is 1.13 bits per heavy atom. The maximum absolute atomic E-state index is 12.4. The van der Waals surface area contributed by atoms with E-state index >= 15 is 0 Å². The fraction of sp³-hybridized carbons (Fsp3) is 0.930. The van der Waals surface area contributed by atoms with E-state index in [-0.39, 0.29) is 18.5 Å². The summed E-state index contributed by atoms with van der Waals surface area (Å²) in [5, 5.41) is 23.2. The fourth-order valence-electron chi connectivity index (χ4n) is 8.93. The summed E-state index contributed by atoms with van der Waals surface area (Å²) in [5.74, 6) is -0.0386. The first-order valence-corrected chi connectivity index (χ1v) is 28.4. The van der Waals surface area contributed by atoms with Crippen LogP contribution in [0, 0.1) is 0 Å². The molecular formula is C57H111NO5. The molecule has 0 bridgehead atoms. The topological polar surface area (TPSA) is 95.9 Å². The lowest BCUT2D eigenvalue weighted by atomic mass is 10.0. The highest BCUT2D eigenvalue weighted by molar-refractivity contribution is 5.76. The predicted molar refractivity (Wildman–Crippen MR) is 273 cm³/mol. The minimum absolute atomic E-state index is 0.00312. The summed E-state index contributed by atoms with van der Waals surface area (Å²) in [6.45, 7) is 4.94. The monoisotopic (exact) mass is 890 g/mol. The van der Waals surface area contributed by atoms with Gasteiger partial charge in [0.1, 0.15) is 0 Å². The molecule has 0 spiro atoms. The molecular weight excluding hydrogens is 779 g/mol. The van der Waals surface area contributed by atoms with E-state index in [0.717, 1.165) is 44.9 Å². The summed E-state index contributed by atoms with van der Waals surface area (Å²) >= 11 is 0. The second-order valence-electron chi connectivity index (χ2n) is 19.6. The average Bonchev–Trinajstić information content (AvgIpc) is 3.28. The van der Waals surface area contributed by atoms with Gasteiger partial charge in [-0.1, -0.05) is 264 Å². The molecule has 0 rings (SSSR count). The van der Waals surface area contributed by atoms with E-state index in [1.165, 1.54) is 238 Å². The lowest BCUT2D eigenvalue weighted by Crippen LogP contribution is -2.45. The molecule has 0 fully saturated rings. The van der Waals surface area contributed by atoms with Crippen molar-refractivity contribution in [2.75, 3.05) is 13.2 Å². The van der Waals surface area contributed by atoms with Crippen molar-refractivity contribution >= 4 is 11.9 Å². The smallest absolute Gasteiger partial charge is 0.305 e. The van der Waals surface area contributed by atoms with Gasteiger partial charge in [0.2, 0.25) is 5.91 Å². The van der Waals surface area contributed by atoms with Gasteiger partial charge < -0.3 is 20.3 Å². The molecule has 0 aromatic heterocycles.